The second-order valence-corrected chi connectivity index (χ2v) is 4.69. The van der Waals surface area contributed by atoms with Gasteiger partial charge in [0.15, 0.2) is 6.10 Å². The molecule has 0 saturated carbocycles. The maximum absolute atomic E-state index is 12.2. The summed E-state index contributed by atoms with van der Waals surface area (Å²) in [7, 11) is 1.38. The molecular weight excluding hydrogens is 272 g/mol. The van der Waals surface area contributed by atoms with Crippen molar-refractivity contribution in [3.63, 3.8) is 0 Å². The Balaban J connectivity index is 2.80. The summed E-state index contributed by atoms with van der Waals surface area (Å²) in [5, 5.41) is 20.3. The molecule has 1 amide bonds. The highest BCUT2D eigenvalue weighted by Crippen LogP contribution is 2.17. The molecule has 21 heavy (non-hydrogen) atoms. The van der Waals surface area contributed by atoms with Crippen LogP contribution < -0.4 is 5.32 Å². The number of rotatable bonds is 7. The van der Waals surface area contributed by atoms with Crippen LogP contribution in [0.3, 0.4) is 0 Å². The van der Waals surface area contributed by atoms with Gasteiger partial charge in [0.05, 0.1) is 6.07 Å². The molecule has 1 aromatic carbocycles. The van der Waals surface area contributed by atoms with Crippen LogP contribution in [0.15, 0.2) is 30.3 Å². The zero-order valence-corrected chi connectivity index (χ0v) is 11.9. The van der Waals surface area contributed by atoms with Crippen molar-refractivity contribution in [3.05, 3.63) is 35.9 Å². The number of hydrogen-bond acceptors (Lipinski definition) is 4. The quantitative estimate of drug-likeness (QED) is 0.792. The normalized spacial score (nSPS) is 14.5. The van der Waals surface area contributed by atoms with Gasteiger partial charge in [-0.15, -0.1) is 0 Å². The number of aliphatic carboxylic acids is 1. The van der Waals surface area contributed by atoms with Gasteiger partial charge >= 0.3 is 5.97 Å². The number of carboxylic acids is 1. The van der Waals surface area contributed by atoms with E-state index in [-0.39, 0.29) is 6.42 Å². The van der Waals surface area contributed by atoms with Gasteiger partial charge in [-0.2, -0.15) is 5.26 Å². The van der Waals surface area contributed by atoms with Crippen LogP contribution in [0.2, 0.25) is 0 Å². The zero-order valence-electron chi connectivity index (χ0n) is 11.9. The summed E-state index contributed by atoms with van der Waals surface area (Å²) in [4.78, 5) is 23.3. The molecule has 2 N–H and O–H groups in total. The second-order valence-electron chi connectivity index (χ2n) is 4.69. The molecule has 0 bridgehead atoms. The van der Waals surface area contributed by atoms with Crippen molar-refractivity contribution in [1.29, 1.82) is 5.26 Å². The minimum absolute atomic E-state index is 0.0444. The Labute approximate surface area is 123 Å². The summed E-state index contributed by atoms with van der Waals surface area (Å²) in [6.07, 6.45) is -0.839. The van der Waals surface area contributed by atoms with Crippen LogP contribution in [-0.4, -0.2) is 30.1 Å². The summed E-state index contributed by atoms with van der Waals surface area (Å²) in [6.45, 7) is 1.60. The number of methoxy groups -OCH3 is 1. The summed E-state index contributed by atoms with van der Waals surface area (Å²) < 4.78 is 5.14. The van der Waals surface area contributed by atoms with Crippen LogP contribution >= 0.6 is 0 Å². The summed E-state index contributed by atoms with van der Waals surface area (Å²) in [5.41, 5.74) is 0.634. The minimum atomic E-state index is -1.17. The average Bonchev–Trinajstić information content (AvgIpc) is 2.48. The first kappa shape index (κ1) is 16.7. The highest BCUT2D eigenvalue weighted by atomic mass is 16.5. The molecular formula is C15H18N2O4. The maximum Gasteiger partial charge on any atom is 0.326 e. The highest BCUT2D eigenvalue weighted by Gasteiger charge is 2.27. The number of nitrogens with zero attached hydrogens (tertiary/aromatic N) is 1. The number of nitriles is 1. The Kier molecular flexibility index (Phi) is 6.37. The van der Waals surface area contributed by atoms with Crippen LogP contribution in [0.4, 0.5) is 0 Å². The predicted molar refractivity (Wildman–Crippen MR) is 75.2 cm³/mol. The molecule has 0 fully saturated rings. The van der Waals surface area contributed by atoms with E-state index in [4.69, 9.17) is 15.1 Å². The summed E-state index contributed by atoms with van der Waals surface area (Å²) in [6, 6.07) is 9.62. The summed E-state index contributed by atoms with van der Waals surface area (Å²) >= 11 is 0. The van der Waals surface area contributed by atoms with Crippen molar-refractivity contribution in [1.82, 2.24) is 5.32 Å². The van der Waals surface area contributed by atoms with Crippen molar-refractivity contribution in [3.8, 4) is 6.07 Å². The number of carbonyl (C=O) groups is 2. The molecule has 0 aliphatic heterocycles. The first-order chi connectivity index (χ1) is 9.99. The van der Waals surface area contributed by atoms with E-state index in [0.717, 1.165) is 0 Å². The third-order valence-corrected chi connectivity index (χ3v) is 3.00. The third kappa shape index (κ3) is 4.89. The number of benzene rings is 1. The molecule has 0 heterocycles. The van der Waals surface area contributed by atoms with Crippen molar-refractivity contribution < 1.29 is 19.4 Å². The fourth-order valence-electron chi connectivity index (χ4n) is 1.90. The van der Waals surface area contributed by atoms with E-state index in [1.54, 1.807) is 31.2 Å². The molecule has 1 rings (SSSR count). The molecule has 0 unspecified atom stereocenters. The Morgan fingerprint density at radius 3 is 2.48 bits per heavy atom. The van der Waals surface area contributed by atoms with Crippen LogP contribution in [0, 0.1) is 17.2 Å². The Hall–Kier alpha value is -2.39. The lowest BCUT2D eigenvalue weighted by Crippen LogP contribution is -2.44. The monoisotopic (exact) mass is 290 g/mol. The van der Waals surface area contributed by atoms with Gasteiger partial charge in [-0.05, 0) is 18.9 Å². The number of amides is 1. The van der Waals surface area contributed by atoms with Gasteiger partial charge in [-0.1, -0.05) is 30.3 Å². The van der Waals surface area contributed by atoms with E-state index in [1.807, 2.05) is 12.1 Å². The molecule has 0 saturated heterocycles. The van der Waals surface area contributed by atoms with Gasteiger partial charge in [0.2, 0.25) is 0 Å². The Morgan fingerprint density at radius 2 is 2.00 bits per heavy atom. The van der Waals surface area contributed by atoms with Crippen LogP contribution in [0.5, 0.6) is 0 Å². The zero-order chi connectivity index (χ0) is 15.8. The van der Waals surface area contributed by atoms with Gasteiger partial charge < -0.3 is 15.2 Å². The van der Waals surface area contributed by atoms with Crippen molar-refractivity contribution in [2.45, 2.75) is 25.5 Å². The molecule has 0 aromatic heterocycles. The molecule has 3 atom stereocenters. The smallest absolute Gasteiger partial charge is 0.326 e. The van der Waals surface area contributed by atoms with Gasteiger partial charge in [-0.25, -0.2) is 4.79 Å². The van der Waals surface area contributed by atoms with Gasteiger partial charge in [0.25, 0.3) is 5.91 Å². The van der Waals surface area contributed by atoms with Crippen molar-refractivity contribution in [2.24, 2.45) is 5.92 Å². The lowest BCUT2D eigenvalue weighted by Gasteiger charge is -2.20. The highest BCUT2D eigenvalue weighted by molar-refractivity contribution is 5.87. The SMILES string of the molecule is CO[C@H](C(=O)N[C@H](C[C@@H](C)C#N)C(=O)O)c1ccccc1. The van der Waals surface area contributed by atoms with E-state index in [2.05, 4.69) is 5.32 Å². The van der Waals surface area contributed by atoms with E-state index in [1.165, 1.54) is 7.11 Å². The van der Waals surface area contributed by atoms with E-state index >= 15 is 0 Å². The number of carbonyl (C=O) groups excluding carboxylic acids is 1. The minimum Gasteiger partial charge on any atom is -0.480 e. The first-order valence-electron chi connectivity index (χ1n) is 6.50. The fourth-order valence-corrected chi connectivity index (χ4v) is 1.90. The standard InChI is InChI=1S/C15H18N2O4/c1-10(9-16)8-12(15(19)20)17-14(18)13(21-2)11-6-4-3-5-7-11/h3-7,10,12-13H,8H2,1-2H3,(H,17,18)(H,19,20)/t10-,12-,13+/m1/s1. The molecule has 6 heteroatoms. The lowest BCUT2D eigenvalue weighted by atomic mass is 10.0. The topological polar surface area (TPSA) is 99.4 Å². The van der Waals surface area contributed by atoms with E-state index < -0.39 is 29.9 Å². The van der Waals surface area contributed by atoms with Gasteiger partial charge in [-0.3, -0.25) is 4.79 Å². The average molecular weight is 290 g/mol. The van der Waals surface area contributed by atoms with Crippen molar-refractivity contribution >= 4 is 11.9 Å². The first-order valence-corrected chi connectivity index (χ1v) is 6.50. The maximum atomic E-state index is 12.2. The molecule has 112 valence electrons. The molecule has 6 nitrogen and oxygen atoms in total. The summed E-state index contributed by atoms with van der Waals surface area (Å²) in [5.74, 6) is -2.18. The predicted octanol–water partition coefficient (Wildman–Crippen LogP) is 1.49. The largest absolute Gasteiger partial charge is 0.480 e. The number of hydrogen-bond donors (Lipinski definition) is 2. The molecule has 1 aromatic rings. The number of ether oxygens (including phenoxy) is 1. The van der Waals surface area contributed by atoms with Gasteiger partial charge in [0.1, 0.15) is 6.04 Å². The molecule has 0 aliphatic carbocycles. The second kappa shape index (κ2) is 8.02. The molecule has 0 spiro atoms. The van der Waals surface area contributed by atoms with Crippen molar-refractivity contribution in [2.75, 3.05) is 7.11 Å². The number of nitrogens with one attached hydrogen (secondary N) is 1. The Bertz CT molecular complexity index is 524. The Morgan fingerprint density at radius 1 is 1.38 bits per heavy atom. The fraction of sp³-hybridized carbons (Fsp3) is 0.400. The van der Waals surface area contributed by atoms with E-state index in [9.17, 15) is 9.59 Å². The van der Waals surface area contributed by atoms with Crippen LogP contribution in [0.1, 0.15) is 25.0 Å². The third-order valence-electron chi connectivity index (χ3n) is 3.00. The molecule has 0 radical (unpaired) electrons. The van der Waals surface area contributed by atoms with Crippen LogP contribution in [-0.2, 0) is 14.3 Å². The number of carboxylic acid groups (broad SMARTS) is 1. The van der Waals surface area contributed by atoms with Crippen LogP contribution in [0.25, 0.3) is 0 Å². The van der Waals surface area contributed by atoms with Gasteiger partial charge in [0, 0.05) is 13.0 Å². The van der Waals surface area contributed by atoms with E-state index in [0.29, 0.717) is 5.56 Å². The lowest BCUT2D eigenvalue weighted by molar-refractivity contribution is -0.144. The molecule has 0 aliphatic rings.